The number of hydrogen-bond acceptors (Lipinski definition) is 4. The monoisotopic (exact) mass is 278 g/mol. The second-order valence-electron chi connectivity index (χ2n) is 4.83. The molecule has 0 fully saturated rings. The molecule has 1 amide bonds. The van der Waals surface area contributed by atoms with Gasteiger partial charge in [-0.25, -0.2) is 4.98 Å². The van der Waals surface area contributed by atoms with Crippen LogP contribution in [-0.2, 0) is 6.42 Å². The van der Waals surface area contributed by atoms with E-state index in [9.17, 15) is 4.79 Å². The minimum Gasteiger partial charge on any atom is -0.383 e. The number of anilines is 1. The number of hydrogen-bond donors (Lipinski definition) is 2. The van der Waals surface area contributed by atoms with Crippen LogP contribution in [0.2, 0.25) is 0 Å². The van der Waals surface area contributed by atoms with Gasteiger partial charge < -0.3 is 11.5 Å². The van der Waals surface area contributed by atoms with E-state index in [0.29, 0.717) is 17.8 Å². The van der Waals surface area contributed by atoms with Gasteiger partial charge in [0.25, 0.3) is 0 Å². The molecule has 0 saturated carbocycles. The Kier molecular flexibility index (Phi) is 3.23. The molecule has 0 aliphatic rings. The van der Waals surface area contributed by atoms with E-state index >= 15 is 0 Å². The normalized spacial score (nSPS) is 10.7. The molecular weight excluding hydrogens is 264 g/mol. The van der Waals surface area contributed by atoms with Gasteiger partial charge in [0.05, 0.1) is 0 Å². The summed E-state index contributed by atoms with van der Waals surface area (Å²) >= 11 is 0. The number of carbonyl (C=O) groups excluding carboxylic acids is 1. The summed E-state index contributed by atoms with van der Waals surface area (Å²) in [5, 5.41) is 1.96. The van der Waals surface area contributed by atoms with E-state index in [1.165, 1.54) is 0 Å². The highest BCUT2D eigenvalue weighted by atomic mass is 16.1. The number of benzene rings is 1. The number of primary amides is 1. The summed E-state index contributed by atoms with van der Waals surface area (Å²) in [5.41, 5.74) is 13.5. The van der Waals surface area contributed by atoms with Crippen molar-refractivity contribution in [1.29, 1.82) is 0 Å². The number of fused-ring (bicyclic) bond motifs is 1. The summed E-state index contributed by atoms with van der Waals surface area (Å²) in [6, 6.07) is 11.2. The number of carbonyl (C=O) groups is 1. The first-order chi connectivity index (χ1) is 10.1. The number of nitrogens with zero attached hydrogens (tertiary/aromatic N) is 2. The SMILES string of the molecule is NC(=O)c1ccnc(Cc2ccc3c(N)nccc3c2)c1. The number of nitrogens with two attached hydrogens (primary N) is 2. The Labute approximate surface area is 121 Å². The maximum atomic E-state index is 11.2. The van der Waals surface area contributed by atoms with E-state index in [-0.39, 0.29) is 0 Å². The average molecular weight is 278 g/mol. The maximum absolute atomic E-state index is 11.2. The van der Waals surface area contributed by atoms with Gasteiger partial charge in [0.1, 0.15) is 5.82 Å². The molecular formula is C16H14N4O. The molecule has 5 heteroatoms. The molecule has 0 radical (unpaired) electrons. The molecule has 0 aliphatic heterocycles. The zero-order valence-electron chi connectivity index (χ0n) is 11.3. The van der Waals surface area contributed by atoms with Crippen molar-refractivity contribution in [2.24, 2.45) is 5.73 Å². The molecule has 104 valence electrons. The van der Waals surface area contributed by atoms with Crippen LogP contribution in [0.3, 0.4) is 0 Å². The summed E-state index contributed by atoms with van der Waals surface area (Å²) < 4.78 is 0. The van der Waals surface area contributed by atoms with Gasteiger partial charge in [0.2, 0.25) is 5.91 Å². The Morgan fingerprint density at radius 2 is 1.86 bits per heavy atom. The number of pyridine rings is 2. The first-order valence-electron chi connectivity index (χ1n) is 6.51. The first kappa shape index (κ1) is 13.1. The number of aromatic nitrogens is 2. The summed E-state index contributed by atoms with van der Waals surface area (Å²) in [6.45, 7) is 0. The predicted molar refractivity (Wildman–Crippen MR) is 81.7 cm³/mol. The second kappa shape index (κ2) is 5.20. The van der Waals surface area contributed by atoms with Gasteiger partial charge in [-0.3, -0.25) is 9.78 Å². The molecule has 0 saturated heterocycles. The van der Waals surface area contributed by atoms with Crippen molar-refractivity contribution in [3.8, 4) is 0 Å². The highest BCUT2D eigenvalue weighted by molar-refractivity contribution is 5.93. The van der Waals surface area contributed by atoms with Crippen molar-refractivity contribution in [2.45, 2.75) is 6.42 Å². The fraction of sp³-hybridized carbons (Fsp3) is 0.0625. The van der Waals surface area contributed by atoms with Crippen LogP contribution in [0, 0.1) is 0 Å². The zero-order valence-corrected chi connectivity index (χ0v) is 11.3. The van der Waals surface area contributed by atoms with Gasteiger partial charge in [-0.1, -0.05) is 18.2 Å². The summed E-state index contributed by atoms with van der Waals surface area (Å²) in [7, 11) is 0. The second-order valence-corrected chi connectivity index (χ2v) is 4.83. The Morgan fingerprint density at radius 1 is 1.05 bits per heavy atom. The third-order valence-corrected chi connectivity index (χ3v) is 3.35. The van der Waals surface area contributed by atoms with Crippen LogP contribution >= 0.6 is 0 Å². The Balaban J connectivity index is 1.95. The molecule has 4 N–H and O–H groups in total. The van der Waals surface area contributed by atoms with Crippen molar-refractivity contribution in [3.05, 3.63) is 65.6 Å². The van der Waals surface area contributed by atoms with Crippen LogP contribution < -0.4 is 11.5 Å². The van der Waals surface area contributed by atoms with Gasteiger partial charge in [-0.15, -0.1) is 0 Å². The Bertz CT molecular complexity index is 829. The smallest absolute Gasteiger partial charge is 0.248 e. The molecule has 0 spiro atoms. The van der Waals surface area contributed by atoms with Crippen LogP contribution in [0.25, 0.3) is 10.8 Å². The number of nitrogen functional groups attached to an aromatic ring is 1. The Morgan fingerprint density at radius 3 is 2.67 bits per heavy atom. The molecule has 2 heterocycles. The third kappa shape index (κ3) is 2.67. The van der Waals surface area contributed by atoms with Crippen LogP contribution in [0.1, 0.15) is 21.6 Å². The van der Waals surface area contributed by atoms with Crippen molar-refractivity contribution < 1.29 is 4.79 Å². The zero-order chi connectivity index (χ0) is 14.8. The fourth-order valence-electron chi connectivity index (χ4n) is 2.30. The molecule has 0 atom stereocenters. The van der Waals surface area contributed by atoms with Gasteiger partial charge in [-0.05, 0) is 29.1 Å². The summed E-state index contributed by atoms with van der Waals surface area (Å²) in [6.07, 6.45) is 3.91. The molecule has 3 aromatic rings. The molecule has 0 aliphatic carbocycles. The van der Waals surface area contributed by atoms with Crippen molar-refractivity contribution >= 4 is 22.5 Å². The van der Waals surface area contributed by atoms with E-state index in [0.717, 1.165) is 22.0 Å². The van der Waals surface area contributed by atoms with E-state index in [1.54, 1.807) is 24.5 Å². The predicted octanol–water partition coefficient (Wildman–Crippen LogP) is 1.90. The maximum Gasteiger partial charge on any atom is 0.248 e. The fourth-order valence-corrected chi connectivity index (χ4v) is 2.30. The van der Waals surface area contributed by atoms with Crippen LogP contribution in [0.4, 0.5) is 5.82 Å². The lowest BCUT2D eigenvalue weighted by Gasteiger charge is -2.06. The van der Waals surface area contributed by atoms with Crippen LogP contribution in [-0.4, -0.2) is 15.9 Å². The van der Waals surface area contributed by atoms with Gasteiger partial charge in [0.15, 0.2) is 0 Å². The van der Waals surface area contributed by atoms with Gasteiger partial charge >= 0.3 is 0 Å². The van der Waals surface area contributed by atoms with Crippen LogP contribution in [0.5, 0.6) is 0 Å². The third-order valence-electron chi connectivity index (χ3n) is 3.35. The lowest BCUT2D eigenvalue weighted by Crippen LogP contribution is -2.11. The highest BCUT2D eigenvalue weighted by Gasteiger charge is 2.05. The molecule has 21 heavy (non-hydrogen) atoms. The molecule has 3 rings (SSSR count). The molecule has 1 aromatic carbocycles. The minimum atomic E-state index is -0.448. The van der Waals surface area contributed by atoms with Crippen molar-refractivity contribution in [3.63, 3.8) is 0 Å². The van der Waals surface area contributed by atoms with Gasteiger partial charge in [0, 0.05) is 35.5 Å². The number of amides is 1. The number of rotatable bonds is 3. The van der Waals surface area contributed by atoms with Crippen molar-refractivity contribution in [1.82, 2.24) is 9.97 Å². The van der Waals surface area contributed by atoms with E-state index in [4.69, 9.17) is 11.5 Å². The molecule has 5 nitrogen and oxygen atoms in total. The topological polar surface area (TPSA) is 94.9 Å². The highest BCUT2D eigenvalue weighted by Crippen LogP contribution is 2.21. The standard InChI is InChI=1S/C16H14N4O/c17-15-14-2-1-10(7-11(14)3-6-20-15)8-13-9-12(16(18)21)4-5-19-13/h1-7,9H,8H2,(H2,17,20)(H2,18,21). The van der Waals surface area contributed by atoms with E-state index in [1.807, 2.05) is 24.3 Å². The summed E-state index contributed by atoms with van der Waals surface area (Å²) in [4.78, 5) is 19.5. The molecule has 0 unspecified atom stereocenters. The molecule has 2 aromatic heterocycles. The van der Waals surface area contributed by atoms with Gasteiger partial charge in [-0.2, -0.15) is 0 Å². The van der Waals surface area contributed by atoms with E-state index < -0.39 is 5.91 Å². The minimum absolute atomic E-state index is 0.448. The lowest BCUT2D eigenvalue weighted by atomic mass is 10.0. The summed E-state index contributed by atoms with van der Waals surface area (Å²) in [5.74, 6) is 0.0731. The lowest BCUT2D eigenvalue weighted by molar-refractivity contribution is 0.1000. The quantitative estimate of drug-likeness (QED) is 0.765. The van der Waals surface area contributed by atoms with Crippen LogP contribution in [0.15, 0.2) is 48.8 Å². The van der Waals surface area contributed by atoms with Crippen molar-refractivity contribution in [2.75, 3.05) is 5.73 Å². The van der Waals surface area contributed by atoms with E-state index in [2.05, 4.69) is 9.97 Å². The average Bonchev–Trinajstić information content (AvgIpc) is 2.47. The Hall–Kier alpha value is -2.95. The molecule has 0 bridgehead atoms. The first-order valence-corrected chi connectivity index (χ1v) is 6.51. The largest absolute Gasteiger partial charge is 0.383 e.